The maximum absolute atomic E-state index is 13.6. The van der Waals surface area contributed by atoms with Crippen molar-refractivity contribution in [3.05, 3.63) is 38.8 Å². The third-order valence-corrected chi connectivity index (χ3v) is 2.80. The van der Waals surface area contributed by atoms with E-state index in [2.05, 4.69) is 27.6 Å². The molecule has 76 valence electrons. The van der Waals surface area contributed by atoms with Crippen molar-refractivity contribution in [2.45, 2.75) is 6.92 Å². The molecular formula is C11H7FINO. The van der Waals surface area contributed by atoms with Crippen molar-refractivity contribution in [2.75, 3.05) is 0 Å². The van der Waals surface area contributed by atoms with Crippen LogP contribution in [0.25, 0.3) is 10.9 Å². The Balaban J connectivity index is 2.91. The van der Waals surface area contributed by atoms with E-state index in [-0.39, 0.29) is 17.0 Å². The van der Waals surface area contributed by atoms with Crippen molar-refractivity contribution >= 4 is 39.8 Å². The van der Waals surface area contributed by atoms with Gasteiger partial charge in [0.05, 0.1) is 0 Å². The highest BCUT2D eigenvalue weighted by atomic mass is 127. The fourth-order valence-corrected chi connectivity index (χ4v) is 2.09. The summed E-state index contributed by atoms with van der Waals surface area (Å²) in [4.78, 5) is 14.5. The number of benzene rings is 1. The molecule has 4 heteroatoms. The largest absolute Gasteiger partial charge is 0.296 e. The molecule has 0 aliphatic carbocycles. The van der Waals surface area contributed by atoms with Crippen LogP contribution < -0.4 is 0 Å². The van der Waals surface area contributed by atoms with E-state index >= 15 is 0 Å². The first-order valence-electron chi connectivity index (χ1n) is 4.33. The summed E-state index contributed by atoms with van der Waals surface area (Å²) in [5.41, 5.74) is 1.39. The summed E-state index contributed by atoms with van der Waals surface area (Å²) in [6.07, 6.45) is 0.629. The minimum Gasteiger partial charge on any atom is -0.296 e. The first-order valence-corrected chi connectivity index (χ1v) is 5.41. The minimum atomic E-state index is -0.385. The topological polar surface area (TPSA) is 30.0 Å². The number of aromatic nitrogens is 1. The number of pyridine rings is 1. The molecule has 15 heavy (non-hydrogen) atoms. The highest BCUT2D eigenvalue weighted by molar-refractivity contribution is 14.1. The van der Waals surface area contributed by atoms with Crippen LogP contribution in [0, 0.1) is 16.3 Å². The number of hydrogen-bond donors (Lipinski definition) is 0. The number of carbonyl (C=O) groups is 1. The third kappa shape index (κ3) is 1.86. The average molecular weight is 315 g/mol. The Labute approximate surface area is 99.7 Å². The number of aldehydes is 1. The van der Waals surface area contributed by atoms with Gasteiger partial charge in [0.1, 0.15) is 11.2 Å². The van der Waals surface area contributed by atoms with Gasteiger partial charge in [0.25, 0.3) is 0 Å². The number of halogens is 2. The van der Waals surface area contributed by atoms with Crippen LogP contribution >= 0.6 is 22.6 Å². The predicted octanol–water partition coefficient (Wildman–Crippen LogP) is 3.10. The highest BCUT2D eigenvalue weighted by Gasteiger charge is 2.08. The molecular weight excluding hydrogens is 308 g/mol. The minimum absolute atomic E-state index is 0.262. The Hall–Kier alpha value is -1.04. The summed E-state index contributed by atoms with van der Waals surface area (Å²) in [5, 5.41) is 0.755. The Morgan fingerprint density at radius 3 is 2.80 bits per heavy atom. The standard InChI is InChI=1S/C11H7FINO/c1-6-2-8(5-15)14-11-9(6)3-7(13)4-10(11)12/h2-5H,1H3. The summed E-state index contributed by atoms with van der Waals surface area (Å²) in [7, 11) is 0. The molecule has 0 saturated carbocycles. The molecule has 0 aliphatic heterocycles. The number of rotatable bonds is 1. The molecule has 0 amide bonds. The summed E-state index contributed by atoms with van der Waals surface area (Å²) in [6.45, 7) is 1.84. The molecule has 0 saturated heterocycles. The van der Waals surface area contributed by atoms with Gasteiger partial charge in [0, 0.05) is 8.96 Å². The molecule has 2 nitrogen and oxygen atoms in total. The van der Waals surface area contributed by atoms with Crippen molar-refractivity contribution in [3.8, 4) is 0 Å². The lowest BCUT2D eigenvalue weighted by molar-refractivity contribution is 0.111. The van der Waals surface area contributed by atoms with E-state index in [1.807, 2.05) is 13.0 Å². The SMILES string of the molecule is Cc1cc(C=O)nc2c(F)cc(I)cc12. The van der Waals surface area contributed by atoms with Gasteiger partial charge in [-0.1, -0.05) is 0 Å². The maximum Gasteiger partial charge on any atom is 0.168 e. The zero-order chi connectivity index (χ0) is 11.0. The average Bonchev–Trinajstić information content (AvgIpc) is 2.19. The molecule has 1 aromatic heterocycles. The zero-order valence-electron chi connectivity index (χ0n) is 7.92. The van der Waals surface area contributed by atoms with Crippen LogP contribution in [0.2, 0.25) is 0 Å². The maximum atomic E-state index is 13.6. The van der Waals surface area contributed by atoms with Gasteiger partial charge >= 0.3 is 0 Å². The van der Waals surface area contributed by atoms with Crippen LogP contribution in [0.15, 0.2) is 18.2 Å². The number of carbonyl (C=O) groups excluding carboxylic acids is 1. The Bertz CT molecular complexity index is 554. The fraction of sp³-hybridized carbons (Fsp3) is 0.0909. The van der Waals surface area contributed by atoms with Gasteiger partial charge < -0.3 is 0 Å². The van der Waals surface area contributed by atoms with Gasteiger partial charge in [0.15, 0.2) is 12.1 Å². The number of nitrogens with zero attached hydrogens (tertiary/aromatic N) is 1. The zero-order valence-corrected chi connectivity index (χ0v) is 10.1. The molecule has 0 radical (unpaired) electrons. The van der Waals surface area contributed by atoms with Crippen LogP contribution in [0.1, 0.15) is 16.1 Å². The van der Waals surface area contributed by atoms with E-state index in [0.29, 0.717) is 6.29 Å². The van der Waals surface area contributed by atoms with Crippen LogP contribution in [0.4, 0.5) is 4.39 Å². The molecule has 0 atom stereocenters. The molecule has 0 fully saturated rings. The Morgan fingerprint density at radius 2 is 2.13 bits per heavy atom. The summed E-state index contributed by atoms with van der Waals surface area (Å²) in [5.74, 6) is -0.385. The molecule has 0 bridgehead atoms. The van der Waals surface area contributed by atoms with Crippen LogP contribution in [-0.4, -0.2) is 11.3 Å². The number of aryl methyl sites for hydroxylation is 1. The summed E-state index contributed by atoms with van der Waals surface area (Å²) >= 11 is 2.05. The first kappa shape index (κ1) is 10.5. The lowest BCUT2D eigenvalue weighted by atomic mass is 10.1. The second kappa shape index (κ2) is 3.84. The van der Waals surface area contributed by atoms with Crippen molar-refractivity contribution in [3.63, 3.8) is 0 Å². The Morgan fingerprint density at radius 1 is 1.40 bits per heavy atom. The second-order valence-electron chi connectivity index (χ2n) is 3.27. The van der Waals surface area contributed by atoms with Crippen molar-refractivity contribution < 1.29 is 9.18 Å². The van der Waals surface area contributed by atoms with Crippen LogP contribution in [-0.2, 0) is 0 Å². The van der Waals surface area contributed by atoms with E-state index in [1.54, 1.807) is 6.07 Å². The van der Waals surface area contributed by atoms with Gasteiger partial charge in [-0.15, -0.1) is 0 Å². The summed E-state index contributed by atoms with van der Waals surface area (Å²) < 4.78 is 14.4. The van der Waals surface area contributed by atoms with Crippen molar-refractivity contribution in [1.82, 2.24) is 4.98 Å². The van der Waals surface area contributed by atoms with Gasteiger partial charge in [-0.3, -0.25) is 4.79 Å². The monoisotopic (exact) mass is 315 g/mol. The van der Waals surface area contributed by atoms with Gasteiger partial charge in [-0.2, -0.15) is 0 Å². The van der Waals surface area contributed by atoms with Crippen molar-refractivity contribution in [2.24, 2.45) is 0 Å². The number of hydrogen-bond acceptors (Lipinski definition) is 2. The van der Waals surface area contributed by atoms with Crippen LogP contribution in [0.3, 0.4) is 0 Å². The Kier molecular flexibility index (Phi) is 2.68. The lowest BCUT2D eigenvalue weighted by Gasteiger charge is -2.04. The molecule has 1 aromatic carbocycles. The molecule has 0 N–H and O–H groups in total. The molecule has 2 rings (SSSR count). The molecule has 0 aliphatic rings. The van der Waals surface area contributed by atoms with E-state index in [4.69, 9.17) is 0 Å². The van der Waals surface area contributed by atoms with E-state index < -0.39 is 0 Å². The number of fused-ring (bicyclic) bond motifs is 1. The quantitative estimate of drug-likeness (QED) is 0.598. The van der Waals surface area contributed by atoms with E-state index in [0.717, 1.165) is 14.5 Å². The summed E-state index contributed by atoms with van der Waals surface area (Å²) in [6, 6.07) is 4.92. The van der Waals surface area contributed by atoms with Gasteiger partial charge in [0.2, 0.25) is 0 Å². The fourth-order valence-electron chi connectivity index (χ4n) is 1.50. The highest BCUT2D eigenvalue weighted by Crippen LogP contribution is 2.22. The third-order valence-electron chi connectivity index (χ3n) is 2.18. The van der Waals surface area contributed by atoms with Gasteiger partial charge in [-0.25, -0.2) is 9.37 Å². The molecule has 1 heterocycles. The predicted molar refractivity (Wildman–Crippen MR) is 64.5 cm³/mol. The molecule has 2 aromatic rings. The molecule has 0 unspecified atom stereocenters. The van der Waals surface area contributed by atoms with E-state index in [9.17, 15) is 9.18 Å². The van der Waals surface area contributed by atoms with Crippen molar-refractivity contribution in [1.29, 1.82) is 0 Å². The molecule has 0 spiro atoms. The van der Waals surface area contributed by atoms with Crippen LogP contribution in [0.5, 0.6) is 0 Å². The first-order chi connectivity index (χ1) is 7.11. The normalized spacial score (nSPS) is 10.6. The van der Waals surface area contributed by atoms with Gasteiger partial charge in [-0.05, 0) is 53.3 Å². The van der Waals surface area contributed by atoms with E-state index in [1.165, 1.54) is 6.07 Å². The smallest absolute Gasteiger partial charge is 0.168 e. The lowest BCUT2D eigenvalue weighted by Crippen LogP contribution is -1.94. The second-order valence-corrected chi connectivity index (χ2v) is 4.51.